The van der Waals surface area contributed by atoms with E-state index in [-0.39, 0.29) is 0 Å². The second-order valence-corrected chi connectivity index (χ2v) is 8.29. The summed E-state index contributed by atoms with van der Waals surface area (Å²) in [4.78, 5) is 2.33. The Kier molecular flexibility index (Phi) is 6.43. The highest BCUT2D eigenvalue weighted by Crippen LogP contribution is 2.20. The summed E-state index contributed by atoms with van der Waals surface area (Å²) in [6.07, 6.45) is 5.26. The van der Waals surface area contributed by atoms with Crippen LogP contribution in [-0.2, 0) is 10.2 Å². The summed E-state index contributed by atoms with van der Waals surface area (Å²) in [5.74, 6) is 0.964. The van der Waals surface area contributed by atoms with Gasteiger partial charge in [-0.25, -0.2) is 4.72 Å². The summed E-state index contributed by atoms with van der Waals surface area (Å²) in [6.45, 7) is 4.58. The van der Waals surface area contributed by atoms with E-state index in [1.165, 1.54) is 12.8 Å². The molecule has 3 N–H and O–H groups in total. The molecule has 124 valence electrons. The average Bonchev–Trinajstić information content (AvgIpc) is 2.49. The largest absolute Gasteiger partial charge is 0.330 e. The van der Waals surface area contributed by atoms with Gasteiger partial charge in [0.25, 0.3) is 10.2 Å². The maximum absolute atomic E-state index is 12.3. The fraction of sp³-hybridized carbons (Fsp3) is 1.00. The first kappa shape index (κ1) is 17.1. The molecule has 2 aliphatic heterocycles. The third-order valence-corrected chi connectivity index (χ3v) is 6.41. The van der Waals surface area contributed by atoms with Crippen molar-refractivity contribution in [3.8, 4) is 0 Å². The zero-order chi connectivity index (χ0) is 15.3. The number of hydrogen-bond donors (Lipinski definition) is 2. The molecule has 1 atom stereocenters. The van der Waals surface area contributed by atoms with Crippen molar-refractivity contribution in [1.82, 2.24) is 13.9 Å². The molecule has 0 aromatic heterocycles. The zero-order valence-electron chi connectivity index (χ0n) is 13.1. The van der Waals surface area contributed by atoms with Crippen LogP contribution in [0.3, 0.4) is 0 Å². The van der Waals surface area contributed by atoms with Crippen LogP contribution in [0.25, 0.3) is 0 Å². The van der Waals surface area contributed by atoms with Crippen molar-refractivity contribution in [2.75, 3.05) is 46.3 Å². The molecule has 0 aromatic rings. The smallest absolute Gasteiger partial charge is 0.279 e. The SMILES string of the molecule is CN1CCC(CCNS(=O)(=O)N2CCCC(CN)C2)CC1. The van der Waals surface area contributed by atoms with Crippen LogP contribution in [0.2, 0.25) is 0 Å². The summed E-state index contributed by atoms with van der Waals surface area (Å²) in [5, 5.41) is 0. The maximum Gasteiger partial charge on any atom is 0.279 e. The van der Waals surface area contributed by atoms with Gasteiger partial charge in [0.05, 0.1) is 0 Å². The first-order valence-corrected chi connectivity index (χ1v) is 9.58. The number of piperidine rings is 2. The number of nitrogens with zero attached hydrogens (tertiary/aromatic N) is 2. The normalized spacial score (nSPS) is 27.0. The van der Waals surface area contributed by atoms with Gasteiger partial charge in [-0.05, 0) is 70.6 Å². The molecule has 0 aliphatic carbocycles. The molecule has 21 heavy (non-hydrogen) atoms. The predicted octanol–water partition coefficient (Wildman–Crippen LogP) is 0.223. The van der Waals surface area contributed by atoms with Crippen LogP contribution in [0, 0.1) is 11.8 Å². The van der Waals surface area contributed by atoms with Crippen molar-refractivity contribution in [1.29, 1.82) is 0 Å². The Labute approximate surface area is 129 Å². The minimum Gasteiger partial charge on any atom is -0.330 e. The van der Waals surface area contributed by atoms with E-state index >= 15 is 0 Å². The van der Waals surface area contributed by atoms with E-state index in [2.05, 4.69) is 16.7 Å². The first-order valence-electron chi connectivity index (χ1n) is 8.14. The molecule has 2 saturated heterocycles. The third-order valence-electron chi connectivity index (χ3n) is 4.83. The third kappa shape index (κ3) is 5.17. The number of hydrogen-bond acceptors (Lipinski definition) is 4. The number of nitrogens with two attached hydrogens (primary N) is 1. The van der Waals surface area contributed by atoms with Crippen LogP contribution in [0.5, 0.6) is 0 Å². The van der Waals surface area contributed by atoms with Crippen LogP contribution in [-0.4, -0.2) is 63.9 Å². The molecule has 2 rings (SSSR count). The topological polar surface area (TPSA) is 78.7 Å². The average molecular weight is 318 g/mol. The van der Waals surface area contributed by atoms with E-state index in [9.17, 15) is 8.42 Å². The van der Waals surface area contributed by atoms with Crippen molar-refractivity contribution in [3.63, 3.8) is 0 Å². The lowest BCUT2D eigenvalue weighted by Crippen LogP contribution is -2.47. The lowest BCUT2D eigenvalue weighted by Gasteiger charge is -2.32. The van der Waals surface area contributed by atoms with Crippen molar-refractivity contribution in [2.24, 2.45) is 17.6 Å². The monoisotopic (exact) mass is 318 g/mol. The second kappa shape index (κ2) is 7.87. The highest BCUT2D eigenvalue weighted by atomic mass is 32.2. The second-order valence-electron chi connectivity index (χ2n) is 6.54. The maximum atomic E-state index is 12.3. The Hall–Kier alpha value is -0.210. The summed E-state index contributed by atoms with van der Waals surface area (Å²) in [7, 11) is -1.18. The molecule has 2 aliphatic rings. The quantitative estimate of drug-likeness (QED) is 0.734. The summed E-state index contributed by atoms with van der Waals surface area (Å²) < 4.78 is 29.0. The molecule has 0 amide bonds. The number of nitrogens with one attached hydrogen (secondary N) is 1. The molecule has 7 heteroatoms. The van der Waals surface area contributed by atoms with Crippen LogP contribution >= 0.6 is 0 Å². The zero-order valence-corrected chi connectivity index (χ0v) is 13.9. The van der Waals surface area contributed by atoms with Crippen LogP contribution in [0.1, 0.15) is 32.1 Å². The fourth-order valence-electron chi connectivity index (χ4n) is 3.27. The molecular formula is C14H30N4O2S. The van der Waals surface area contributed by atoms with Gasteiger partial charge in [-0.3, -0.25) is 0 Å². The number of likely N-dealkylation sites (tertiary alicyclic amines) is 1. The minimum atomic E-state index is -3.32. The summed E-state index contributed by atoms with van der Waals surface area (Å²) in [6, 6.07) is 0. The molecule has 2 fully saturated rings. The Bertz CT molecular complexity index is 407. The van der Waals surface area contributed by atoms with E-state index in [0.717, 1.165) is 32.4 Å². The van der Waals surface area contributed by atoms with E-state index < -0.39 is 10.2 Å². The van der Waals surface area contributed by atoms with Gasteiger partial charge in [-0.2, -0.15) is 12.7 Å². The Balaban J connectivity index is 1.73. The van der Waals surface area contributed by atoms with E-state index in [1.54, 1.807) is 4.31 Å². The standard InChI is InChI=1S/C14H30N4O2S/c1-17-9-5-13(6-10-17)4-7-16-21(19,20)18-8-2-3-14(11-15)12-18/h13-14,16H,2-12,15H2,1H3. The number of rotatable bonds is 6. The molecule has 2 heterocycles. The summed E-state index contributed by atoms with van der Waals surface area (Å²) >= 11 is 0. The Morgan fingerprint density at radius 3 is 2.52 bits per heavy atom. The lowest BCUT2D eigenvalue weighted by atomic mass is 9.94. The van der Waals surface area contributed by atoms with Crippen LogP contribution < -0.4 is 10.5 Å². The minimum absolute atomic E-state index is 0.309. The van der Waals surface area contributed by atoms with E-state index in [0.29, 0.717) is 38.0 Å². The fourth-order valence-corrected chi connectivity index (χ4v) is 4.61. The van der Waals surface area contributed by atoms with Crippen LogP contribution in [0.15, 0.2) is 0 Å². The van der Waals surface area contributed by atoms with Crippen molar-refractivity contribution in [2.45, 2.75) is 32.1 Å². The Morgan fingerprint density at radius 2 is 1.86 bits per heavy atom. The predicted molar refractivity (Wildman–Crippen MR) is 85.1 cm³/mol. The van der Waals surface area contributed by atoms with Gasteiger partial charge in [-0.1, -0.05) is 0 Å². The van der Waals surface area contributed by atoms with Gasteiger partial charge in [-0.15, -0.1) is 0 Å². The van der Waals surface area contributed by atoms with Gasteiger partial charge >= 0.3 is 0 Å². The molecular weight excluding hydrogens is 288 g/mol. The first-order chi connectivity index (χ1) is 10.0. The van der Waals surface area contributed by atoms with Crippen molar-refractivity contribution in [3.05, 3.63) is 0 Å². The molecule has 0 saturated carbocycles. The summed E-state index contributed by atoms with van der Waals surface area (Å²) in [5.41, 5.74) is 5.67. The van der Waals surface area contributed by atoms with E-state index in [1.807, 2.05) is 0 Å². The molecule has 0 aromatic carbocycles. The molecule has 6 nitrogen and oxygen atoms in total. The molecule has 0 spiro atoms. The van der Waals surface area contributed by atoms with Gasteiger partial charge in [0, 0.05) is 19.6 Å². The highest BCUT2D eigenvalue weighted by Gasteiger charge is 2.28. The lowest BCUT2D eigenvalue weighted by molar-refractivity contribution is 0.212. The van der Waals surface area contributed by atoms with Crippen molar-refractivity contribution < 1.29 is 8.42 Å². The molecule has 0 radical (unpaired) electrons. The van der Waals surface area contributed by atoms with Gasteiger partial charge < -0.3 is 10.6 Å². The Morgan fingerprint density at radius 1 is 1.14 bits per heavy atom. The molecule has 0 bridgehead atoms. The van der Waals surface area contributed by atoms with E-state index in [4.69, 9.17) is 5.73 Å². The van der Waals surface area contributed by atoms with Crippen molar-refractivity contribution >= 4 is 10.2 Å². The highest BCUT2D eigenvalue weighted by molar-refractivity contribution is 7.87. The molecule has 1 unspecified atom stereocenters. The van der Waals surface area contributed by atoms with Crippen LogP contribution in [0.4, 0.5) is 0 Å². The van der Waals surface area contributed by atoms with Gasteiger partial charge in [0.2, 0.25) is 0 Å². The van der Waals surface area contributed by atoms with Gasteiger partial charge in [0.1, 0.15) is 0 Å². The van der Waals surface area contributed by atoms with Gasteiger partial charge in [0.15, 0.2) is 0 Å².